The van der Waals surface area contributed by atoms with Gasteiger partial charge in [-0.25, -0.2) is 15.0 Å². The molecule has 0 N–H and O–H groups in total. The number of thiophene rings is 1. The molecule has 0 atom stereocenters. The highest BCUT2D eigenvalue weighted by Gasteiger charge is 2.14. The van der Waals surface area contributed by atoms with E-state index < -0.39 is 0 Å². The first-order valence-electron chi connectivity index (χ1n) is 17.7. The van der Waals surface area contributed by atoms with Gasteiger partial charge in [0, 0.05) is 49.5 Å². The van der Waals surface area contributed by atoms with Gasteiger partial charge in [-0.15, -0.1) is 11.3 Å². The van der Waals surface area contributed by atoms with Crippen LogP contribution in [0.15, 0.2) is 176 Å². The lowest BCUT2D eigenvalue weighted by Gasteiger charge is -2.11. The summed E-state index contributed by atoms with van der Waals surface area (Å²) < 4.78 is 4.80. The molecule has 0 bridgehead atoms. The van der Waals surface area contributed by atoms with Crippen molar-refractivity contribution >= 4 is 42.5 Å². The minimum absolute atomic E-state index is 0.701. The monoisotopic (exact) mass is 696 g/mol. The fourth-order valence-corrected chi connectivity index (χ4v) is 8.33. The molecule has 0 aliphatic heterocycles. The van der Waals surface area contributed by atoms with E-state index in [9.17, 15) is 0 Å². The molecule has 0 aliphatic carbocycles. The topological polar surface area (TPSA) is 43.6 Å². The third kappa shape index (κ3) is 5.68. The highest BCUT2D eigenvalue weighted by atomic mass is 32.1. The van der Waals surface area contributed by atoms with Gasteiger partial charge in [0.1, 0.15) is 5.82 Å². The van der Waals surface area contributed by atoms with E-state index in [4.69, 9.17) is 15.0 Å². The molecule has 3 aromatic heterocycles. The average Bonchev–Trinajstić information content (AvgIpc) is 3.78. The van der Waals surface area contributed by atoms with E-state index in [1.807, 2.05) is 23.5 Å². The molecular formula is C48H32N4S. The lowest BCUT2D eigenvalue weighted by atomic mass is 10.0. The zero-order chi connectivity index (χ0) is 35.3. The first-order chi connectivity index (χ1) is 26.1. The number of nitrogens with zero attached hydrogens (tertiary/aromatic N) is 4. The van der Waals surface area contributed by atoms with Gasteiger partial charge in [0.05, 0.1) is 22.4 Å². The molecule has 0 fully saturated rings. The Morgan fingerprint density at radius 1 is 0.396 bits per heavy atom. The summed E-state index contributed by atoms with van der Waals surface area (Å²) in [5, 5.41) is 2.61. The quantitative estimate of drug-likeness (QED) is 0.174. The molecule has 53 heavy (non-hydrogen) atoms. The Kier molecular flexibility index (Phi) is 7.52. The Labute approximate surface area is 311 Å². The number of hydrogen-bond acceptors (Lipinski definition) is 4. The summed E-state index contributed by atoms with van der Waals surface area (Å²) in [6.07, 6.45) is 0. The van der Waals surface area contributed by atoms with Crippen LogP contribution in [0, 0.1) is 0 Å². The Hall–Kier alpha value is -6.69. The van der Waals surface area contributed by atoms with Gasteiger partial charge in [-0.2, -0.15) is 0 Å². The fourth-order valence-electron chi connectivity index (χ4n) is 7.25. The van der Waals surface area contributed by atoms with Gasteiger partial charge in [0.15, 0.2) is 5.82 Å². The molecule has 0 spiro atoms. The molecule has 0 unspecified atom stereocenters. The van der Waals surface area contributed by atoms with Gasteiger partial charge in [0.25, 0.3) is 0 Å². The van der Waals surface area contributed by atoms with Crippen molar-refractivity contribution in [2.24, 2.45) is 7.05 Å². The number of hydrogen-bond donors (Lipinski definition) is 0. The van der Waals surface area contributed by atoms with Crippen LogP contribution in [0.4, 0.5) is 0 Å². The molecule has 4 nitrogen and oxygen atoms in total. The van der Waals surface area contributed by atoms with Crippen LogP contribution < -0.4 is 0 Å². The van der Waals surface area contributed by atoms with E-state index in [0.717, 1.165) is 61.6 Å². The van der Waals surface area contributed by atoms with Crippen molar-refractivity contribution in [3.63, 3.8) is 0 Å². The van der Waals surface area contributed by atoms with Gasteiger partial charge in [-0.3, -0.25) is 0 Å². The number of imidazole rings is 1. The molecule has 10 rings (SSSR count). The van der Waals surface area contributed by atoms with Crippen LogP contribution in [-0.2, 0) is 7.05 Å². The van der Waals surface area contributed by atoms with E-state index in [0.29, 0.717) is 5.82 Å². The van der Waals surface area contributed by atoms with Crippen LogP contribution in [-0.4, -0.2) is 19.5 Å². The molecule has 250 valence electrons. The highest BCUT2D eigenvalue weighted by Crippen LogP contribution is 2.37. The Balaban J connectivity index is 0.989. The zero-order valence-electron chi connectivity index (χ0n) is 28.9. The fraction of sp³-hybridized carbons (Fsp3) is 0.0208. The highest BCUT2D eigenvalue weighted by molar-refractivity contribution is 7.25. The van der Waals surface area contributed by atoms with E-state index in [1.165, 1.54) is 31.3 Å². The summed E-state index contributed by atoms with van der Waals surface area (Å²) in [6.45, 7) is 0. The minimum atomic E-state index is 0.701. The molecule has 0 saturated heterocycles. The van der Waals surface area contributed by atoms with Crippen LogP contribution in [0.2, 0.25) is 0 Å². The molecule has 7 aromatic carbocycles. The lowest BCUT2D eigenvalue weighted by Crippen LogP contribution is -1.96. The molecule has 0 aliphatic rings. The van der Waals surface area contributed by atoms with Crippen molar-refractivity contribution < 1.29 is 0 Å². The minimum Gasteiger partial charge on any atom is -0.327 e. The van der Waals surface area contributed by atoms with E-state index in [-0.39, 0.29) is 0 Å². The van der Waals surface area contributed by atoms with Crippen molar-refractivity contribution in [3.05, 3.63) is 176 Å². The standard InChI is InChI=1S/C48H32N4S/c1-52-44-29-38(24-26-41(44)51-48(52)36-12-6-3-7-13-36)32-16-20-34(21-17-32)43-30-42(33-10-4-2-5-11-33)49-47(50-43)35-22-18-31(19-23-35)37-25-27-46-40(28-37)39-14-8-9-15-45(39)53-46/h2-30H,1H3. The largest absolute Gasteiger partial charge is 0.327 e. The van der Waals surface area contributed by atoms with Gasteiger partial charge < -0.3 is 4.57 Å². The zero-order valence-corrected chi connectivity index (χ0v) is 29.8. The third-order valence-corrected chi connectivity index (χ3v) is 11.2. The van der Waals surface area contributed by atoms with Gasteiger partial charge in [-0.05, 0) is 58.7 Å². The molecule has 0 amide bonds. The summed E-state index contributed by atoms with van der Waals surface area (Å²) in [5.74, 6) is 1.66. The lowest BCUT2D eigenvalue weighted by molar-refractivity contribution is 0.959. The Morgan fingerprint density at radius 3 is 1.64 bits per heavy atom. The molecule has 3 heterocycles. The Bertz CT molecular complexity index is 2930. The van der Waals surface area contributed by atoms with Gasteiger partial charge in [0.2, 0.25) is 0 Å². The second-order valence-corrected chi connectivity index (χ2v) is 14.4. The smallest absolute Gasteiger partial charge is 0.160 e. The summed E-state index contributed by atoms with van der Waals surface area (Å²) in [7, 11) is 2.08. The third-order valence-electron chi connectivity index (χ3n) is 10.1. The first kappa shape index (κ1) is 31.1. The van der Waals surface area contributed by atoms with Gasteiger partial charge in [-0.1, -0.05) is 140 Å². The van der Waals surface area contributed by atoms with E-state index in [2.05, 4.69) is 175 Å². The summed E-state index contributed by atoms with van der Waals surface area (Å²) in [4.78, 5) is 15.1. The number of aryl methyl sites for hydroxylation is 1. The van der Waals surface area contributed by atoms with Crippen LogP contribution in [0.5, 0.6) is 0 Å². The second-order valence-electron chi connectivity index (χ2n) is 13.4. The molecule has 10 aromatic rings. The molecule has 5 heteroatoms. The summed E-state index contributed by atoms with van der Waals surface area (Å²) in [6, 6.07) is 62.0. The van der Waals surface area contributed by atoms with Crippen LogP contribution >= 0.6 is 11.3 Å². The maximum absolute atomic E-state index is 5.14. The average molecular weight is 697 g/mol. The van der Waals surface area contributed by atoms with Gasteiger partial charge >= 0.3 is 0 Å². The number of rotatable bonds is 6. The van der Waals surface area contributed by atoms with E-state index >= 15 is 0 Å². The number of aromatic nitrogens is 4. The van der Waals surface area contributed by atoms with E-state index in [1.54, 1.807) is 0 Å². The predicted molar refractivity (Wildman–Crippen MR) is 222 cm³/mol. The van der Waals surface area contributed by atoms with Crippen molar-refractivity contribution in [2.45, 2.75) is 0 Å². The molecular weight excluding hydrogens is 665 g/mol. The van der Waals surface area contributed by atoms with Crippen LogP contribution in [0.3, 0.4) is 0 Å². The van der Waals surface area contributed by atoms with Crippen molar-refractivity contribution in [3.8, 4) is 67.5 Å². The maximum atomic E-state index is 5.14. The predicted octanol–water partition coefficient (Wildman–Crippen LogP) is 12.7. The van der Waals surface area contributed by atoms with Crippen LogP contribution in [0.25, 0.3) is 98.7 Å². The van der Waals surface area contributed by atoms with Crippen molar-refractivity contribution in [1.29, 1.82) is 0 Å². The first-order valence-corrected chi connectivity index (χ1v) is 18.6. The number of benzene rings is 7. The molecule has 0 saturated carbocycles. The second kappa shape index (κ2) is 12.8. The maximum Gasteiger partial charge on any atom is 0.160 e. The Morgan fingerprint density at radius 2 is 0.925 bits per heavy atom. The normalized spacial score (nSPS) is 11.5. The summed E-state index contributed by atoms with van der Waals surface area (Å²) in [5.41, 5.74) is 12.7. The molecule has 0 radical (unpaired) electrons. The van der Waals surface area contributed by atoms with Crippen molar-refractivity contribution in [1.82, 2.24) is 19.5 Å². The summed E-state index contributed by atoms with van der Waals surface area (Å²) >= 11 is 1.84. The SMILES string of the molecule is Cn1c(-c2ccccc2)nc2ccc(-c3ccc(-c4cc(-c5ccccc5)nc(-c5ccc(-c6ccc7sc8ccccc8c7c6)cc5)n4)cc3)cc21. The number of fused-ring (bicyclic) bond motifs is 4. The van der Waals surface area contributed by atoms with Crippen molar-refractivity contribution in [2.75, 3.05) is 0 Å². The van der Waals surface area contributed by atoms with Crippen LogP contribution in [0.1, 0.15) is 0 Å².